The van der Waals surface area contributed by atoms with E-state index in [0.29, 0.717) is 13.1 Å². The highest BCUT2D eigenvalue weighted by Gasteiger charge is 1.99. The molecule has 3 nitrogen and oxygen atoms in total. The van der Waals surface area contributed by atoms with Crippen LogP contribution in [0.3, 0.4) is 0 Å². The van der Waals surface area contributed by atoms with E-state index < -0.39 is 0 Å². The molecule has 1 amide bonds. The highest BCUT2D eigenvalue weighted by atomic mass is 32.1. The summed E-state index contributed by atoms with van der Waals surface area (Å²) in [5.41, 5.74) is 1.13. The molecule has 0 aromatic carbocycles. The first-order valence-corrected chi connectivity index (χ1v) is 5.19. The predicted octanol–water partition coefficient (Wildman–Crippen LogP) is 0.587. The largest absolute Gasteiger partial charge is 0.351 e. The molecule has 0 unspecified atom stereocenters. The summed E-state index contributed by atoms with van der Waals surface area (Å²) >= 11 is 1.62. The molecule has 0 fully saturated rings. The number of nitrogens with one attached hydrogen (secondary N) is 2. The van der Waals surface area contributed by atoms with Gasteiger partial charge in [0.25, 0.3) is 0 Å². The maximum Gasteiger partial charge on any atom is 0.234 e. The number of hydrogen-bond donors (Lipinski definition) is 2. The van der Waals surface area contributed by atoms with Crippen LogP contribution in [0.2, 0.25) is 0 Å². The maximum atomic E-state index is 11.2. The Kier molecular flexibility index (Phi) is 4.76. The number of carbonyl (C=O) groups is 1. The average Bonchev–Trinajstić information content (AvgIpc) is 2.68. The van der Waals surface area contributed by atoms with E-state index in [-0.39, 0.29) is 12.5 Å². The number of rotatable bonds is 5. The van der Waals surface area contributed by atoms with Crippen molar-refractivity contribution in [2.45, 2.75) is 6.54 Å². The smallest absolute Gasteiger partial charge is 0.234 e. The van der Waals surface area contributed by atoms with Crippen LogP contribution >= 0.6 is 11.3 Å². The summed E-state index contributed by atoms with van der Waals surface area (Å²) in [6.45, 7) is 1.28. The Morgan fingerprint density at radius 1 is 1.64 bits per heavy atom. The van der Waals surface area contributed by atoms with Gasteiger partial charge in [0, 0.05) is 6.54 Å². The fourth-order valence-electron chi connectivity index (χ4n) is 0.905. The normalized spacial score (nSPS) is 9.36. The molecule has 2 N–H and O–H groups in total. The number of carbonyl (C=O) groups excluding carboxylic acids is 1. The molecule has 0 aliphatic heterocycles. The van der Waals surface area contributed by atoms with Gasteiger partial charge in [-0.15, -0.1) is 6.42 Å². The van der Waals surface area contributed by atoms with Crippen molar-refractivity contribution in [3.05, 3.63) is 22.4 Å². The Hall–Kier alpha value is -1.31. The van der Waals surface area contributed by atoms with Gasteiger partial charge in [-0.05, 0) is 22.4 Å². The van der Waals surface area contributed by atoms with E-state index in [1.54, 1.807) is 11.3 Å². The van der Waals surface area contributed by atoms with Crippen LogP contribution < -0.4 is 10.6 Å². The Morgan fingerprint density at radius 2 is 2.50 bits per heavy atom. The SMILES string of the molecule is C#CCNCC(=O)NCc1ccsc1. The highest BCUT2D eigenvalue weighted by molar-refractivity contribution is 7.07. The number of terminal acetylenes is 1. The van der Waals surface area contributed by atoms with E-state index in [1.807, 2.05) is 16.8 Å². The third kappa shape index (κ3) is 4.08. The van der Waals surface area contributed by atoms with Gasteiger partial charge in [0.05, 0.1) is 13.1 Å². The predicted molar refractivity (Wildman–Crippen MR) is 57.9 cm³/mol. The summed E-state index contributed by atoms with van der Waals surface area (Å²) in [5, 5.41) is 9.59. The second-order valence-electron chi connectivity index (χ2n) is 2.72. The Labute approximate surface area is 87.5 Å². The van der Waals surface area contributed by atoms with Gasteiger partial charge in [-0.3, -0.25) is 10.1 Å². The molecule has 0 radical (unpaired) electrons. The van der Waals surface area contributed by atoms with Crippen molar-refractivity contribution in [3.63, 3.8) is 0 Å². The van der Waals surface area contributed by atoms with Crippen molar-refractivity contribution in [3.8, 4) is 12.3 Å². The summed E-state index contributed by atoms with van der Waals surface area (Å²) in [6.07, 6.45) is 5.02. The van der Waals surface area contributed by atoms with Gasteiger partial charge in [0.2, 0.25) is 5.91 Å². The molecule has 4 heteroatoms. The van der Waals surface area contributed by atoms with Gasteiger partial charge >= 0.3 is 0 Å². The lowest BCUT2D eigenvalue weighted by molar-refractivity contribution is -0.120. The van der Waals surface area contributed by atoms with Gasteiger partial charge in [-0.25, -0.2) is 0 Å². The quantitative estimate of drug-likeness (QED) is 0.549. The molecule has 1 aromatic heterocycles. The van der Waals surface area contributed by atoms with Crippen LogP contribution in [0.5, 0.6) is 0 Å². The standard InChI is InChI=1S/C10H12N2OS/c1-2-4-11-7-10(13)12-6-9-3-5-14-8-9/h1,3,5,8,11H,4,6-7H2,(H,12,13). The lowest BCUT2D eigenvalue weighted by Gasteiger charge is -2.03. The topological polar surface area (TPSA) is 41.1 Å². The minimum atomic E-state index is -0.0357. The Bertz CT molecular complexity index is 313. The number of amides is 1. The van der Waals surface area contributed by atoms with Crippen molar-refractivity contribution in [2.75, 3.05) is 13.1 Å². The van der Waals surface area contributed by atoms with Crippen LogP contribution in [0.1, 0.15) is 5.56 Å². The van der Waals surface area contributed by atoms with Gasteiger partial charge in [-0.1, -0.05) is 5.92 Å². The molecular weight excluding hydrogens is 196 g/mol. The summed E-state index contributed by atoms with van der Waals surface area (Å²) in [4.78, 5) is 11.2. The fourth-order valence-corrected chi connectivity index (χ4v) is 1.57. The van der Waals surface area contributed by atoms with E-state index in [9.17, 15) is 4.79 Å². The van der Waals surface area contributed by atoms with Crippen LogP contribution in [0.4, 0.5) is 0 Å². The van der Waals surface area contributed by atoms with Crippen LogP contribution in [0.15, 0.2) is 16.8 Å². The van der Waals surface area contributed by atoms with E-state index in [4.69, 9.17) is 6.42 Å². The molecule has 0 aliphatic rings. The zero-order valence-electron chi connectivity index (χ0n) is 7.75. The van der Waals surface area contributed by atoms with Crippen molar-refractivity contribution in [2.24, 2.45) is 0 Å². The average molecular weight is 208 g/mol. The first-order valence-electron chi connectivity index (χ1n) is 4.25. The molecule has 1 aromatic rings. The fraction of sp³-hybridized carbons (Fsp3) is 0.300. The molecule has 1 rings (SSSR count). The van der Waals surface area contributed by atoms with Gasteiger partial charge in [0.15, 0.2) is 0 Å². The molecular formula is C10H12N2OS. The van der Waals surface area contributed by atoms with Crippen molar-refractivity contribution >= 4 is 17.2 Å². The molecule has 0 saturated carbocycles. The molecule has 0 bridgehead atoms. The van der Waals surface area contributed by atoms with E-state index in [1.165, 1.54) is 0 Å². The lowest BCUT2D eigenvalue weighted by atomic mass is 10.3. The number of thiophene rings is 1. The molecule has 14 heavy (non-hydrogen) atoms. The molecule has 0 spiro atoms. The van der Waals surface area contributed by atoms with E-state index in [0.717, 1.165) is 5.56 Å². The maximum absolute atomic E-state index is 11.2. The first kappa shape index (κ1) is 10.8. The lowest BCUT2D eigenvalue weighted by Crippen LogP contribution is -2.33. The minimum absolute atomic E-state index is 0.0357. The molecule has 1 heterocycles. The van der Waals surface area contributed by atoms with Crippen LogP contribution in [0, 0.1) is 12.3 Å². The van der Waals surface area contributed by atoms with Crippen LogP contribution in [-0.4, -0.2) is 19.0 Å². The first-order chi connectivity index (χ1) is 6.83. The third-order valence-electron chi connectivity index (χ3n) is 1.58. The van der Waals surface area contributed by atoms with Crippen molar-refractivity contribution < 1.29 is 4.79 Å². The van der Waals surface area contributed by atoms with Crippen LogP contribution in [-0.2, 0) is 11.3 Å². The summed E-state index contributed by atoms with van der Waals surface area (Å²) in [6, 6.07) is 1.99. The zero-order valence-corrected chi connectivity index (χ0v) is 8.56. The summed E-state index contributed by atoms with van der Waals surface area (Å²) in [5.74, 6) is 2.37. The highest BCUT2D eigenvalue weighted by Crippen LogP contribution is 2.04. The second-order valence-corrected chi connectivity index (χ2v) is 3.50. The second kappa shape index (κ2) is 6.19. The monoisotopic (exact) mass is 208 g/mol. The van der Waals surface area contributed by atoms with Gasteiger partial charge in [0.1, 0.15) is 0 Å². The third-order valence-corrected chi connectivity index (χ3v) is 2.31. The molecule has 0 aliphatic carbocycles. The van der Waals surface area contributed by atoms with Gasteiger partial charge < -0.3 is 5.32 Å². The van der Waals surface area contributed by atoms with Gasteiger partial charge in [-0.2, -0.15) is 11.3 Å². The number of hydrogen-bond acceptors (Lipinski definition) is 3. The summed E-state index contributed by atoms with van der Waals surface area (Å²) < 4.78 is 0. The Morgan fingerprint density at radius 3 is 3.14 bits per heavy atom. The summed E-state index contributed by atoms with van der Waals surface area (Å²) in [7, 11) is 0. The molecule has 74 valence electrons. The van der Waals surface area contributed by atoms with Crippen LogP contribution in [0.25, 0.3) is 0 Å². The minimum Gasteiger partial charge on any atom is -0.351 e. The van der Waals surface area contributed by atoms with E-state index >= 15 is 0 Å². The Balaban J connectivity index is 2.13. The molecule has 0 atom stereocenters. The van der Waals surface area contributed by atoms with Crippen molar-refractivity contribution in [1.82, 2.24) is 10.6 Å². The zero-order chi connectivity index (χ0) is 10.2. The van der Waals surface area contributed by atoms with Crippen molar-refractivity contribution in [1.29, 1.82) is 0 Å². The molecule has 0 saturated heterocycles. The van der Waals surface area contributed by atoms with E-state index in [2.05, 4.69) is 16.6 Å².